The molecule has 7 heteroatoms. The van der Waals surface area contributed by atoms with E-state index in [1.165, 1.54) is 68.1 Å². The fourth-order valence-electron chi connectivity index (χ4n) is 4.91. The molecule has 1 heterocycles. The standard InChI is InChI=1S/C19H33O5Si.3C4H9.Sn/c1-19(2,3)25(5,6)24-15-16(10-11-17(20)21-4)12-14-23-18-9-7-8-13-22-18;3*1-3-4-2;/h11-12,18H,7-9,13-15H2,1-6H3;3*1,3-4H2,2H3;/b11-10?,16-12-;;;;. The molecular weight excluding hydrogens is 599 g/mol. The zero-order valence-electron chi connectivity index (χ0n) is 26.4. The Labute approximate surface area is 240 Å². The Morgan fingerprint density at radius 2 is 1.58 bits per heavy atom. The average Bonchev–Trinajstić information content (AvgIpc) is 2.89. The normalized spacial score (nSPS) is 18.1. The van der Waals surface area contributed by atoms with Crippen LogP contribution in [0.3, 0.4) is 0 Å². The van der Waals surface area contributed by atoms with Crippen molar-refractivity contribution in [2.24, 2.45) is 0 Å². The van der Waals surface area contributed by atoms with Gasteiger partial charge in [-0.1, -0.05) is 0 Å². The number of esters is 1. The number of rotatable bonds is 18. The van der Waals surface area contributed by atoms with E-state index in [2.05, 4.69) is 60.7 Å². The molecule has 0 N–H and O–H groups in total. The summed E-state index contributed by atoms with van der Waals surface area (Å²) in [5.74, 6) is -0.236. The number of unbranched alkanes of at least 4 members (excludes halogenated alkanes) is 3. The summed E-state index contributed by atoms with van der Waals surface area (Å²) in [5.41, 5.74) is 1.18. The molecular formula is C31H60O5SiSn. The van der Waals surface area contributed by atoms with Gasteiger partial charge in [0.1, 0.15) is 0 Å². The Balaban J connectivity index is 3.57. The summed E-state index contributed by atoms with van der Waals surface area (Å²) in [7, 11) is -0.498. The molecule has 222 valence electrons. The third-order valence-corrected chi connectivity index (χ3v) is 28.8. The van der Waals surface area contributed by atoms with Gasteiger partial charge in [0.2, 0.25) is 0 Å². The number of ether oxygens (including phenoxy) is 3. The van der Waals surface area contributed by atoms with Crippen LogP contribution in [0.5, 0.6) is 0 Å². The molecule has 1 rings (SSSR count). The van der Waals surface area contributed by atoms with Gasteiger partial charge in [-0.25, -0.2) is 0 Å². The zero-order valence-corrected chi connectivity index (χ0v) is 30.2. The van der Waals surface area contributed by atoms with Gasteiger partial charge in [-0.3, -0.25) is 0 Å². The van der Waals surface area contributed by atoms with E-state index in [0.717, 1.165) is 25.9 Å². The van der Waals surface area contributed by atoms with Crippen LogP contribution in [0.4, 0.5) is 0 Å². The van der Waals surface area contributed by atoms with E-state index < -0.39 is 26.7 Å². The van der Waals surface area contributed by atoms with Crippen molar-refractivity contribution >= 4 is 32.7 Å². The maximum absolute atomic E-state index is 12.9. The molecule has 5 nitrogen and oxygen atoms in total. The fraction of sp³-hybridized carbons (Fsp3) is 0.839. The van der Waals surface area contributed by atoms with Crippen molar-refractivity contribution in [3.8, 4) is 0 Å². The Kier molecular flexibility index (Phi) is 17.3. The molecule has 0 aromatic rings. The van der Waals surface area contributed by atoms with Gasteiger partial charge in [-0.2, -0.15) is 0 Å². The van der Waals surface area contributed by atoms with Crippen molar-refractivity contribution in [1.29, 1.82) is 0 Å². The van der Waals surface area contributed by atoms with Gasteiger partial charge in [-0.05, 0) is 0 Å². The summed E-state index contributed by atoms with van der Waals surface area (Å²) in [5, 5.41) is 0.115. The quantitative estimate of drug-likeness (QED) is 0.0637. The van der Waals surface area contributed by atoms with Crippen LogP contribution in [0.25, 0.3) is 0 Å². The van der Waals surface area contributed by atoms with Crippen molar-refractivity contribution in [2.75, 3.05) is 26.9 Å². The molecule has 0 aromatic heterocycles. The topological polar surface area (TPSA) is 54.0 Å². The van der Waals surface area contributed by atoms with E-state index >= 15 is 0 Å². The molecule has 0 bridgehead atoms. The fourth-order valence-corrected chi connectivity index (χ4v) is 22.8. The molecule has 1 saturated heterocycles. The van der Waals surface area contributed by atoms with Gasteiger partial charge in [0, 0.05) is 0 Å². The van der Waals surface area contributed by atoms with E-state index in [-0.39, 0.29) is 17.3 Å². The summed E-state index contributed by atoms with van der Waals surface area (Å²) in [4.78, 5) is 12.9. The van der Waals surface area contributed by atoms with E-state index in [4.69, 9.17) is 18.6 Å². The average molecular weight is 660 g/mol. The second-order valence-corrected chi connectivity index (χ2v) is 30.5. The first-order chi connectivity index (χ1) is 18.0. The van der Waals surface area contributed by atoms with Crippen LogP contribution in [0.1, 0.15) is 99.3 Å². The van der Waals surface area contributed by atoms with Crippen molar-refractivity contribution in [3.63, 3.8) is 0 Å². The molecule has 38 heavy (non-hydrogen) atoms. The Hall–Kier alpha value is -0.154. The Morgan fingerprint density at radius 1 is 1.00 bits per heavy atom. The first kappa shape index (κ1) is 35.9. The molecule has 1 unspecified atom stereocenters. The van der Waals surface area contributed by atoms with E-state index in [1.807, 2.05) is 6.08 Å². The zero-order chi connectivity index (χ0) is 28.7. The number of methoxy groups -OCH3 is 1. The SMILES string of the molecule is CCC[CH2][Sn]([CH2]CCC)([CH2]CCC)[C](=C/C(=O)OC)/C(=C/COC1CCCCO1)CO[Si](C)(C)C(C)(C)C. The Bertz CT molecular complexity index is 713. The second kappa shape index (κ2) is 18.3. The van der Waals surface area contributed by atoms with Crippen molar-refractivity contribution < 1.29 is 23.4 Å². The predicted molar refractivity (Wildman–Crippen MR) is 166 cm³/mol. The van der Waals surface area contributed by atoms with Crippen LogP contribution < -0.4 is 0 Å². The summed E-state index contributed by atoms with van der Waals surface area (Å²) in [6.07, 6.45) is 14.4. The van der Waals surface area contributed by atoms with Crippen molar-refractivity contribution in [2.45, 2.75) is 137 Å². The summed E-state index contributed by atoms with van der Waals surface area (Å²) in [6.45, 7) is 20.1. The number of hydrogen-bond acceptors (Lipinski definition) is 5. The van der Waals surface area contributed by atoms with E-state index in [1.54, 1.807) is 0 Å². The number of carbonyl (C=O) groups excluding carboxylic acids is 1. The predicted octanol–water partition coefficient (Wildman–Crippen LogP) is 8.97. The molecule has 1 atom stereocenters. The van der Waals surface area contributed by atoms with Crippen LogP contribution >= 0.6 is 0 Å². The van der Waals surface area contributed by atoms with Crippen molar-refractivity contribution in [3.05, 3.63) is 21.3 Å². The minimum atomic E-state index is -3.01. The Morgan fingerprint density at radius 3 is 2.03 bits per heavy atom. The van der Waals surface area contributed by atoms with Crippen LogP contribution in [0, 0.1) is 0 Å². The molecule has 0 radical (unpaired) electrons. The minimum absolute atomic E-state index is 0.115. The van der Waals surface area contributed by atoms with Crippen LogP contribution in [0.15, 0.2) is 21.3 Å². The molecule has 0 aliphatic carbocycles. The van der Waals surface area contributed by atoms with Crippen LogP contribution in [0.2, 0.25) is 31.4 Å². The molecule has 0 spiro atoms. The first-order valence-electron chi connectivity index (χ1n) is 15.3. The molecule has 1 aliphatic rings. The third kappa shape index (κ3) is 12.2. The first-order valence-corrected chi connectivity index (χ1v) is 25.7. The van der Waals surface area contributed by atoms with Crippen molar-refractivity contribution in [1.82, 2.24) is 0 Å². The van der Waals surface area contributed by atoms with Gasteiger partial charge < -0.3 is 0 Å². The second-order valence-electron chi connectivity index (χ2n) is 12.6. The van der Waals surface area contributed by atoms with E-state index in [0.29, 0.717) is 13.2 Å². The molecule has 0 aromatic carbocycles. The van der Waals surface area contributed by atoms with Gasteiger partial charge >= 0.3 is 241 Å². The maximum atomic E-state index is 12.9. The monoisotopic (exact) mass is 660 g/mol. The summed E-state index contributed by atoms with van der Waals surface area (Å²) >= 11 is -3.01. The summed E-state index contributed by atoms with van der Waals surface area (Å²) < 4.78 is 29.2. The van der Waals surface area contributed by atoms with Crippen LogP contribution in [-0.4, -0.2) is 65.9 Å². The molecule has 1 fully saturated rings. The molecule has 0 amide bonds. The van der Waals surface area contributed by atoms with Gasteiger partial charge in [0.05, 0.1) is 0 Å². The van der Waals surface area contributed by atoms with Crippen LogP contribution in [-0.2, 0) is 23.4 Å². The number of carbonyl (C=O) groups is 1. The van der Waals surface area contributed by atoms with E-state index in [9.17, 15) is 4.79 Å². The number of hydrogen-bond donors (Lipinski definition) is 0. The molecule has 1 aliphatic heterocycles. The molecule has 0 saturated carbocycles. The van der Waals surface area contributed by atoms with Gasteiger partial charge in [0.25, 0.3) is 0 Å². The summed E-state index contributed by atoms with van der Waals surface area (Å²) in [6, 6.07) is 0. The van der Waals surface area contributed by atoms with Gasteiger partial charge in [-0.15, -0.1) is 0 Å². The third-order valence-electron chi connectivity index (χ3n) is 8.55. The van der Waals surface area contributed by atoms with Gasteiger partial charge in [0.15, 0.2) is 0 Å².